The number of fused-ring (bicyclic) bond motifs is 1. The molecule has 0 spiro atoms. The van der Waals surface area contributed by atoms with Crippen molar-refractivity contribution in [2.24, 2.45) is 0 Å². The minimum absolute atomic E-state index is 0.663. The molecule has 4 heteroatoms. The van der Waals surface area contributed by atoms with Crippen molar-refractivity contribution in [2.75, 3.05) is 18.5 Å². The number of hydrogen-bond acceptors (Lipinski definition) is 3. The highest BCUT2D eigenvalue weighted by Crippen LogP contribution is 2.32. The minimum Gasteiger partial charge on any atom is -0.492 e. The van der Waals surface area contributed by atoms with Crippen molar-refractivity contribution in [2.45, 2.75) is 39.5 Å². The topological polar surface area (TPSA) is 39.1 Å². The summed E-state index contributed by atoms with van der Waals surface area (Å²) < 4.78 is 7.78. The van der Waals surface area contributed by atoms with Gasteiger partial charge in [-0.2, -0.15) is 5.10 Å². The normalized spacial score (nSPS) is 13.0. The Morgan fingerprint density at radius 1 is 1.29 bits per heavy atom. The second-order valence-corrected chi connectivity index (χ2v) is 5.37. The average Bonchev–Trinajstić information content (AvgIpc) is 3.09. The van der Waals surface area contributed by atoms with Crippen LogP contribution in [0.1, 0.15) is 37.9 Å². The van der Waals surface area contributed by atoms with Gasteiger partial charge in [-0.15, -0.1) is 0 Å². The van der Waals surface area contributed by atoms with Crippen LogP contribution in [0, 0.1) is 0 Å². The van der Waals surface area contributed by atoms with Crippen molar-refractivity contribution < 1.29 is 4.74 Å². The third kappa shape index (κ3) is 2.62. The van der Waals surface area contributed by atoms with Crippen LogP contribution in [0.5, 0.6) is 5.75 Å². The molecule has 2 heterocycles. The van der Waals surface area contributed by atoms with Crippen LogP contribution in [0.25, 0.3) is 5.69 Å². The summed E-state index contributed by atoms with van der Waals surface area (Å²) in [6.07, 6.45) is 4.52. The van der Waals surface area contributed by atoms with E-state index in [9.17, 15) is 0 Å². The molecule has 21 heavy (non-hydrogen) atoms. The van der Waals surface area contributed by atoms with E-state index >= 15 is 0 Å². The molecule has 4 nitrogen and oxygen atoms in total. The summed E-state index contributed by atoms with van der Waals surface area (Å²) in [5.41, 5.74) is 3.64. The molecular formula is C17H23N3O. The van der Waals surface area contributed by atoms with Crippen LogP contribution in [0.2, 0.25) is 0 Å². The quantitative estimate of drug-likeness (QED) is 0.881. The van der Waals surface area contributed by atoms with E-state index in [1.54, 1.807) is 0 Å². The SMILES string of the molecule is CCCCc1nn(-c2ccccc2OCC)c2c1CCN2. The fourth-order valence-electron chi connectivity index (χ4n) is 2.87. The lowest BCUT2D eigenvalue weighted by Gasteiger charge is -2.12. The predicted octanol–water partition coefficient (Wildman–Crippen LogP) is 3.58. The summed E-state index contributed by atoms with van der Waals surface area (Å²) in [6, 6.07) is 8.12. The van der Waals surface area contributed by atoms with Crippen molar-refractivity contribution in [3.63, 3.8) is 0 Å². The Labute approximate surface area is 126 Å². The molecule has 0 bridgehead atoms. The first-order chi connectivity index (χ1) is 10.3. The molecule has 1 aliphatic heterocycles. The molecule has 112 valence electrons. The molecule has 1 aromatic carbocycles. The number of unbranched alkanes of at least 4 members (excludes halogenated alkanes) is 1. The Bertz CT molecular complexity index is 618. The summed E-state index contributed by atoms with van der Waals surface area (Å²) in [5.74, 6) is 2.04. The van der Waals surface area contributed by atoms with Crippen molar-refractivity contribution in [3.05, 3.63) is 35.5 Å². The molecule has 0 saturated heterocycles. The minimum atomic E-state index is 0.663. The van der Waals surface area contributed by atoms with Gasteiger partial charge in [0.05, 0.1) is 12.3 Å². The van der Waals surface area contributed by atoms with Crippen molar-refractivity contribution in [1.29, 1.82) is 0 Å². The number of rotatable bonds is 6. The van der Waals surface area contributed by atoms with Crippen LogP contribution in [-0.4, -0.2) is 22.9 Å². The monoisotopic (exact) mass is 285 g/mol. The van der Waals surface area contributed by atoms with Gasteiger partial charge in [0.1, 0.15) is 17.3 Å². The van der Waals surface area contributed by atoms with E-state index in [0.29, 0.717) is 6.61 Å². The summed E-state index contributed by atoms with van der Waals surface area (Å²) in [7, 11) is 0. The molecule has 0 fully saturated rings. The largest absolute Gasteiger partial charge is 0.492 e. The van der Waals surface area contributed by atoms with Crippen LogP contribution in [0.3, 0.4) is 0 Å². The van der Waals surface area contributed by atoms with E-state index in [2.05, 4.69) is 18.3 Å². The fraction of sp³-hybridized carbons (Fsp3) is 0.471. The lowest BCUT2D eigenvalue weighted by atomic mass is 10.1. The highest BCUT2D eigenvalue weighted by Gasteiger charge is 2.23. The fourth-order valence-corrected chi connectivity index (χ4v) is 2.87. The number of aromatic nitrogens is 2. The molecule has 3 rings (SSSR count). The molecule has 2 aromatic rings. The van der Waals surface area contributed by atoms with E-state index in [1.807, 2.05) is 29.8 Å². The molecule has 1 N–H and O–H groups in total. The zero-order chi connectivity index (χ0) is 14.7. The number of nitrogens with zero attached hydrogens (tertiary/aromatic N) is 2. The number of hydrogen-bond donors (Lipinski definition) is 1. The smallest absolute Gasteiger partial charge is 0.145 e. The van der Waals surface area contributed by atoms with E-state index in [1.165, 1.54) is 24.1 Å². The standard InChI is InChI=1S/C17H23N3O/c1-3-5-8-14-13-11-12-18-17(13)20(19-14)15-9-6-7-10-16(15)21-4-2/h6-7,9-10,18H,3-5,8,11-12H2,1-2H3. The summed E-state index contributed by atoms with van der Waals surface area (Å²) >= 11 is 0. The number of aryl methyl sites for hydroxylation is 1. The summed E-state index contributed by atoms with van der Waals surface area (Å²) in [5, 5.41) is 8.33. The zero-order valence-electron chi connectivity index (χ0n) is 12.9. The molecule has 0 saturated carbocycles. The molecule has 1 aromatic heterocycles. The lowest BCUT2D eigenvalue weighted by Crippen LogP contribution is -2.07. The van der Waals surface area contributed by atoms with Crippen LogP contribution in [-0.2, 0) is 12.8 Å². The Hall–Kier alpha value is -1.97. The summed E-state index contributed by atoms with van der Waals surface area (Å²) in [6.45, 7) is 5.90. The van der Waals surface area contributed by atoms with Gasteiger partial charge in [0.15, 0.2) is 0 Å². The maximum absolute atomic E-state index is 5.75. The van der Waals surface area contributed by atoms with Gasteiger partial charge >= 0.3 is 0 Å². The average molecular weight is 285 g/mol. The van der Waals surface area contributed by atoms with E-state index in [0.717, 1.165) is 36.6 Å². The first-order valence-electron chi connectivity index (χ1n) is 7.92. The van der Waals surface area contributed by atoms with Gasteiger partial charge in [0.2, 0.25) is 0 Å². The molecule has 0 unspecified atom stereocenters. The van der Waals surface area contributed by atoms with Gasteiger partial charge in [-0.1, -0.05) is 25.5 Å². The number of nitrogens with one attached hydrogen (secondary N) is 1. The Balaban J connectivity index is 2.03. The van der Waals surface area contributed by atoms with Gasteiger partial charge in [0.25, 0.3) is 0 Å². The Kier molecular flexibility index (Phi) is 4.13. The summed E-state index contributed by atoms with van der Waals surface area (Å²) in [4.78, 5) is 0. The Morgan fingerprint density at radius 3 is 2.95 bits per heavy atom. The van der Waals surface area contributed by atoms with E-state index in [4.69, 9.17) is 9.84 Å². The molecule has 0 aliphatic carbocycles. The number of para-hydroxylation sites is 2. The number of anilines is 1. The second-order valence-electron chi connectivity index (χ2n) is 5.37. The third-order valence-corrected chi connectivity index (χ3v) is 3.89. The highest BCUT2D eigenvalue weighted by molar-refractivity contribution is 5.60. The van der Waals surface area contributed by atoms with Crippen LogP contribution in [0.4, 0.5) is 5.82 Å². The van der Waals surface area contributed by atoms with Gasteiger partial charge in [-0.25, -0.2) is 4.68 Å². The molecular weight excluding hydrogens is 262 g/mol. The van der Waals surface area contributed by atoms with Crippen LogP contribution < -0.4 is 10.1 Å². The van der Waals surface area contributed by atoms with Crippen LogP contribution >= 0.6 is 0 Å². The van der Waals surface area contributed by atoms with E-state index in [-0.39, 0.29) is 0 Å². The first kappa shape index (κ1) is 14.0. The third-order valence-electron chi connectivity index (χ3n) is 3.89. The van der Waals surface area contributed by atoms with Gasteiger partial charge in [-0.3, -0.25) is 0 Å². The first-order valence-corrected chi connectivity index (χ1v) is 7.92. The maximum Gasteiger partial charge on any atom is 0.145 e. The van der Waals surface area contributed by atoms with Gasteiger partial charge in [0, 0.05) is 12.1 Å². The lowest BCUT2D eigenvalue weighted by molar-refractivity contribution is 0.338. The van der Waals surface area contributed by atoms with Crippen LogP contribution in [0.15, 0.2) is 24.3 Å². The van der Waals surface area contributed by atoms with E-state index < -0.39 is 0 Å². The van der Waals surface area contributed by atoms with Crippen molar-refractivity contribution in [3.8, 4) is 11.4 Å². The van der Waals surface area contributed by atoms with Crippen molar-refractivity contribution in [1.82, 2.24) is 9.78 Å². The highest BCUT2D eigenvalue weighted by atomic mass is 16.5. The Morgan fingerprint density at radius 2 is 2.14 bits per heavy atom. The predicted molar refractivity (Wildman–Crippen MR) is 85.5 cm³/mol. The maximum atomic E-state index is 5.75. The van der Waals surface area contributed by atoms with Gasteiger partial charge < -0.3 is 10.1 Å². The molecule has 0 atom stereocenters. The molecule has 0 radical (unpaired) electrons. The number of benzene rings is 1. The second kappa shape index (κ2) is 6.20. The number of ether oxygens (including phenoxy) is 1. The van der Waals surface area contributed by atoms with Gasteiger partial charge in [-0.05, 0) is 38.3 Å². The van der Waals surface area contributed by atoms with Crippen molar-refractivity contribution >= 4 is 5.82 Å². The molecule has 1 aliphatic rings. The zero-order valence-corrected chi connectivity index (χ0v) is 12.9. The molecule has 0 amide bonds.